The van der Waals surface area contributed by atoms with Crippen LogP contribution in [0.4, 0.5) is 0 Å². The molecule has 3 rings (SSSR count). The molecule has 0 aromatic heterocycles. The SMILES string of the molecule is O=C(O)C1CC(=O)N(C2CCN(C3CC3)C2)C1. The fourth-order valence-electron chi connectivity index (χ4n) is 3.04. The van der Waals surface area contributed by atoms with E-state index < -0.39 is 11.9 Å². The monoisotopic (exact) mass is 238 g/mol. The Bertz CT molecular complexity index is 354. The van der Waals surface area contributed by atoms with Crippen molar-refractivity contribution in [1.82, 2.24) is 9.80 Å². The van der Waals surface area contributed by atoms with Gasteiger partial charge in [-0.05, 0) is 19.3 Å². The summed E-state index contributed by atoms with van der Waals surface area (Å²) in [5, 5.41) is 8.95. The number of carboxylic acid groups (broad SMARTS) is 1. The zero-order chi connectivity index (χ0) is 12.0. The van der Waals surface area contributed by atoms with Gasteiger partial charge >= 0.3 is 5.97 Å². The summed E-state index contributed by atoms with van der Waals surface area (Å²) in [6.07, 6.45) is 3.78. The van der Waals surface area contributed by atoms with E-state index in [0.717, 1.165) is 25.6 Å². The van der Waals surface area contributed by atoms with Crippen molar-refractivity contribution in [3.05, 3.63) is 0 Å². The van der Waals surface area contributed by atoms with Crippen LogP contribution in [-0.4, -0.2) is 58.5 Å². The fraction of sp³-hybridized carbons (Fsp3) is 0.833. The summed E-state index contributed by atoms with van der Waals surface area (Å²) < 4.78 is 0. The molecule has 2 heterocycles. The van der Waals surface area contributed by atoms with E-state index in [-0.39, 0.29) is 18.4 Å². The highest BCUT2D eigenvalue weighted by molar-refractivity contribution is 5.86. The van der Waals surface area contributed by atoms with Crippen LogP contribution in [0.5, 0.6) is 0 Å². The number of carboxylic acids is 1. The van der Waals surface area contributed by atoms with Gasteiger partial charge < -0.3 is 10.0 Å². The standard InChI is InChI=1S/C12H18N2O3/c15-11-5-8(12(16)17)6-14(11)10-3-4-13(7-10)9-1-2-9/h8-10H,1-7H2,(H,16,17). The summed E-state index contributed by atoms with van der Waals surface area (Å²) in [6.45, 7) is 2.43. The number of aliphatic carboxylic acids is 1. The molecule has 1 aliphatic carbocycles. The van der Waals surface area contributed by atoms with E-state index in [1.165, 1.54) is 12.8 Å². The Balaban J connectivity index is 1.61. The minimum Gasteiger partial charge on any atom is -0.481 e. The van der Waals surface area contributed by atoms with Crippen molar-refractivity contribution in [2.75, 3.05) is 19.6 Å². The molecule has 2 unspecified atom stereocenters. The molecule has 0 aromatic rings. The Hall–Kier alpha value is -1.10. The van der Waals surface area contributed by atoms with Crippen molar-refractivity contribution in [1.29, 1.82) is 0 Å². The van der Waals surface area contributed by atoms with Gasteiger partial charge in [-0.1, -0.05) is 0 Å². The van der Waals surface area contributed by atoms with E-state index >= 15 is 0 Å². The molecule has 2 saturated heterocycles. The third-order valence-corrected chi connectivity index (χ3v) is 4.21. The second kappa shape index (κ2) is 3.98. The van der Waals surface area contributed by atoms with Crippen LogP contribution in [0.1, 0.15) is 25.7 Å². The van der Waals surface area contributed by atoms with Crippen LogP contribution in [0.15, 0.2) is 0 Å². The minimum absolute atomic E-state index is 0.0278. The highest BCUT2D eigenvalue weighted by atomic mass is 16.4. The van der Waals surface area contributed by atoms with Crippen molar-refractivity contribution in [3.63, 3.8) is 0 Å². The maximum atomic E-state index is 11.8. The number of rotatable bonds is 3. The van der Waals surface area contributed by atoms with Crippen molar-refractivity contribution >= 4 is 11.9 Å². The molecule has 3 aliphatic rings. The van der Waals surface area contributed by atoms with Gasteiger partial charge in [-0.25, -0.2) is 0 Å². The number of nitrogens with zero attached hydrogens (tertiary/aromatic N) is 2. The summed E-state index contributed by atoms with van der Waals surface area (Å²) in [4.78, 5) is 27.0. The van der Waals surface area contributed by atoms with E-state index in [2.05, 4.69) is 4.90 Å². The van der Waals surface area contributed by atoms with Gasteiger partial charge in [0.05, 0.1) is 5.92 Å². The van der Waals surface area contributed by atoms with Gasteiger partial charge in [0.15, 0.2) is 0 Å². The van der Waals surface area contributed by atoms with Gasteiger partial charge in [0.2, 0.25) is 5.91 Å². The first-order valence-corrected chi connectivity index (χ1v) is 6.41. The van der Waals surface area contributed by atoms with Gasteiger partial charge in [-0.2, -0.15) is 0 Å². The number of hydrogen-bond donors (Lipinski definition) is 1. The van der Waals surface area contributed by atoms with Gasteiger partial charge in [0.1, 0.15) is 0 Å². The Kier molecular flexibility index (Phi) is 2.58. The lowest BCUT2D eigenvalue weighted by Gasteiger charge is -2.24. The van der Waals surface area contributed by atoms with Crippen molar-refractivity contribution < 1.29 is 14.7 Å². The van der Waals surface area contributed by atoms with Crippen LogP contribution in [0, 0.1) is 5.92 Å². The first kappa shape index (κ1) is 11.0. The highest BCUT2D eigenvalue weighted by Gasteiger charge is 2.42. The molecular formula is C12H18N2O3. The lowest BCUT2D eigenvalue weighted by molar-refractivity contribution is -0.141. The molecule has 1 saturated carbocycles. The van der Waals surface area contributed by atoms with Crippen LogP contribution >= 0.6 is 0 Å². The lowest BCUT2D eigenvalue weighted by Crippen LogP contribution is -2.39. The number of carbonyl (C=O) groups excluding carboxylic acids is 1. The predicted molar refractivity (Wildman–Crippen MR) is 60.5 cm³/mol. The molecule has 2 aliphatic heterocycles. The first-order chi connectivity index (χ1) is 8.15. The maximum absolute atomic E-state index is 11.8. The lowest BCUT2D eigenvalue weighted by atomic mass is 10.1. The molecule has 2 atom stereocenters. The van der Waals surface area contributed by atoms with Crippen LogP contribution in [0.25, 0.3) is 0 Å². The summed E-state index contributed by atoms with van der Waals surface area (Å²) in [5.74, 6) is -1.30. The molecule has 1 amide bonds. The molecule has 1 N–H and O–H groups in total. The molecule has 94 valence electrons. The normalized spacial score (nSPS) is 34.6. The van der Waals surface area contributed by atoms with Crippen molar-refractivity contribution in [2.45, 2.75) is 37.8 Å². The molecule has 5 nitrogen and oxygen atoms in total. The summed E-state index contributed by atoms with van der Waals surface area (Å²) in [7, 11) is 0. The maximum Gasteiger partial charge on any atom is 0.308 e. The van der Waals surface area contributed by atoms with Crippen LogP contribution < -0.4 is 0 Å². The molecule has 0 radical (unpaired) electrons. The summed E-state index contributed by atoms with van der Waals surface area (Å²) >= 11 is 0. The van der Waals surface area contributed by atoms with Gasteiger partial charge in [-0.3, -0.25) is 14.5 Å². The van der Waals surface area contributed by atoms with E-state index in [1.807, 2.05) is 0 Å². The number of hydrogen-bond acceptors (Lipinski definition) is 3. The fourth-order valence-corrected chi connectivity index (χ4v) is 3.04. The average Bonchev–Trinajstić information content (AvgIpc) is 2.88. The van der Waals surface area contributed by atoms with Crippen LogP contribution in [-0.2, 0) is 9.59 Å². The number of likely N-dealkylation sites (tertiary alicyclic amines) is 2. The highest BCUT2D eigenvalue weighted by Crippen LogP contribution is 2.32. The molecule has 3 fully saturated rings. The molecule has 5 heteroatoms. The Labute approximate surface area is 100 Å². The third-order valence-electron chi connectivity index (χ3n) is 4.21. The second-order valence-electron chi connectivity index (χ2n) is 5.45. The van der Waals surface area contributed by atoms with E-state index in [4.69, 9.17) is 5.11 Å². The van der Waals surface area contributed by atoms with Crippen molar-refractivity contribution in [2.24, 2.45) is 5.92 Å². The Morgan fingerprint density at radius 2 is 1.94 bits per heavy atom. The second-order valence-corrected chi connectivity index (χ2v) is 5.45. The largest absolute Gasteiger partial charge is 0.481 e. The van der Waals surface area contributed by atoms with Gasteiger partial charge in [0, 0.05) is 38.1 Å². The molecule has 0 aromatic carbocycles. The number of carbonyl (C=O) groups is 2. The first-order valence-electron chi connectivity index (χ1n) is 6.41. The third kappa shape index (κ3) is 2.04. The van der Waals surface area contributed by atoms with E-state index in [9.17, 15) is 9.59 Å². The molecule has 17 heavy (non-hydrogen) atoms. The summed E-state index contributed by atoms with van der Waals surface area (Å²) in [6, 6.07) is 1.00. The van der Waals surface area contributed by atoms with Crippen molar-refractivity contribution in [3.8, 4) is 0 Å². The molecular weight excluding hydrogens is 220 g/mol. The summed E-state index contributed by atoms with van der Waals surface area (Å²) in [5.41, 5.74) is 0. The smallest absolute Gasteiger partial charge is 0.308 e. The molecule has 0 bridgehead atoms. The van der Waals surface area contributed by atoms with Gasteiger partial charge in [-0.15, -0.1) is 0 Å². The quantitative estimate of drug-likeness (QED) is 0.760. The Morgan fingerprint density at radius 3 is 2.53 bits per heavy atom. The topological polar surface area (TPSA) is 60.9 Å². The van der Waals surface area contributed by atoms with E-state index in [1.54, 1.807) is 4.90 Å². The number of amides is 1. The average molecular weight is 238 g/mol. The van der Waals surface area contributed by atoms with E-state index in [0.29, 0.717) is 6.54 Å². The van der Waals surface area contributed by atoms with Crippen LogP contribution in [0.2, 0.25) is 0 Å². The minimum atomic E-state index is -0.835. The zero-order valence-corrected chi connectivity index (χ0v) is 9.84. The predicted octanol–water partition coefficient (Wildman–Crippen LogP) is 0.156. The van der Waals surface area contributed by atoms with Crippen LogP contribution in [0.3, 0.4) is 0 Å². The molecule has 0 spiro atoms. The van der Waals surface area contributed by atoms with Gasteiger partial charge in [0.25, 0.3) is 0 Å². The zero-order valence-electron chi connectivity index (χ0n) is 9.84. The Morgan fingerprint density at radius 1 is 1.18 bits per heavy atom.